The van der Waals surface area contributed by atoms with Crippen LogP contribution in [0.4, 0.5) is 5.69 Å². The number of hydrogen-bond acceptors (Lipinski definition) is 3. The highest BCUT2D eigenvalue weighted by atomic mass is 16.2. The minimum absolute atomic E-state index is 0.0795. The van der Waals surface area contributed by atoms with E-state index in [0.29, 0.717) is 18.7 Å². The van der Waals surface area contributed by atoms with Crippen LogP contribution in [0, 0.1) is 5.92 Å². The van der Waals surface area contributed by atoms with Gasteiger partial charge < -0.3 is 15.6 Å². The molecular weight excluding hydrogens is 206 g/mol. The van der Waals surface area contributed by atoms with E-state index in [0.717, 1.165) is 0 Å². The summed E-state index contributed by atoms with van der Waals surface area (Å²) in [4.78, 5) is 22.8. The predicted octanol–water partition coefficient (Wildman–Crippen LogP) is 0.309. The van der Waals surface area contributed by atoms with Crippen LogP contribution in [0.5, 0.6) is 0 Å². The van der Waals surface area contributed by atoms with E-state index in [1.807, 2.05) is 6.92 Å². The van der Waals surface area contributed by atoms with E-state index in [-0.39, 0.29) is 17.4 Å². The Labute approximate surface area is 94.3 Å². The van der Waals surface area contributed by atoms with Crippen molar-refractivity contribution < 1.29 is 4.79 Å². The molecule has 0 saturated carbocycles. The SMILES string of the molecule is CC(CCN)C(=O)Nc1ccc(=O)n(C)c1. The second kappa shape index (κ2) is 5.46. The van der Waals surface area contributed by atoms with E-state index in [1.54, 1.807) is 19.3 Å². The fourth-order valence-corrected chi connectivity index (χ4v) is 1.31. The molecule has 1 atom stereocenters. The maximum Gasteiger partial charge on any atom is 0.250 e. The number of aromatic nitrogens is 1. The lowest BCUT2D eigenvalue weighted by molar-refractivity contribution is -0.119. The molecule has 3 N–H and O–H groups in total. The minimum atomic E-state index is -0.123. The summed E-state index contributed by atoms with van der Waals surface area (Å²) in [6.45, 7) is 2.31. The first kappa shape index (κ1) is 12.4. The molecule has 1 aromatic heterocycles. The van der Waals surface area contributed by atoms with Gasteiger partial charge in [0.25, 0.3) is 0 Å². The molecule has 0 aliphatic rings. The molecule has 5 heteroatoms. The van der Waals surface area contributed by atoms with Gasteiger partial charge in [-0.25, -0.2) is 0 Å². The van der Waals surface area contributed by atoms with Crippen molar-refractivity contribution in [3.05, 3.63) is 28.7 Å². The van der Waals surface area contributed by atoms with E-state index >= 15 is 0 Å². The number of nitrogens with one attached hydrogen (secondary N) is 1. The molecule has 0 spiro atoms. The largest absolute Gasteiger partial charge is 0.330 e. The third kappa shape index (κ3) is 3.20. The van der Waals surface area contributed by atoms with E-state index in [1.165, 1.54) is 10.6 Å². The molecule has 0 saturated heterocycles. The van der Waals surface area contributed by atoms with Crippen LogP contribution in [0.25, 0.3) is 0 Å². The second-order valence-corrected chi connectivity index (χ2v) is 3.83. The second-order valence-electron chi connectivity index (χ2n) is 3.83. The molecule has 88 valence electrons. The first-order valence-corrected chi connectivity index (χ1v) is 5.22. The third-order valence-electron chi connectivity index (χ3n) is 2.40. The van der Waals surface area contributed by atoms with Crippen LogP contribution in [0.15, 0.2) is 23.1 Å². The van der Waals surface area contributed by atoms with Gasteiger partial charge in [-0.1, -0.05) is 6.92 Å². The number of hydrogen-bond donors (Lipinski definition) is 2. The highest BCUT2D eigenvalue weighted by Crippen LogP contribution is 2.07. The predicted molar refractivity (Wildman–Crippen MR) is 63.1 cm³/mol. The lowest BCUT2D eigenvalue weighted by atomic mass is 10.1. The topological polar surface area (TPSA) is 77.1 Å². The number of pyridine rings is 1. The number of amides is 1. The van der Waals surface area contributed by atoms with Crippen LogP contribution in [-0.2, 0) is 11.8 Å². The van der Waals surface area contributed by atoms with Crippen LogP contribution in [0.3, 0.4) is 0 Å². The summed E-state index contributed by atoms with van der Waals surface area (Å²) in [5.41, 5.74) is 5.90. The normalized spacial score (nSPS) is 12.2. The number of rotatable bonds is 4. The average molecular weight is 223 g/mol. The van der Waals surface area contributed by atoms with Gasteiger partial charge in [0, 0.05) is 25.2 Å². The Morgan fingerprint density at radius 2 is 2.25 bits per heavy atom. The minimum Gasteiger partial charge on any atom is -0.330 e. The molecule has 1 amide bonds. The molecule has 0 aliphatic carbocycles. The zero-order chi connectivity index (χ0) is 12.1. The summed E-state index contributed by atoms with van der Waals surface area (Å²) in [5.74, 6) is -0.202. The monoisotopic (exact) mass is 223 g/mol. The molecule has 1 heterocycles. The summed E-state index contributed by atoms with van der Waals surface area (Å²) < 4.78 is 1.42. The van der Waals surface area contributed by atoms with Crippen molar-refractivity contribution >= 4 is 11.6 Å². The number of anilines is 1. The van der Waals surface area contributed by atoms with Gasteiger partial charge in [-0.05, 0) is 19.0 Å². The van der Waals surface area contributed by atoms with Crippen molar-refractivity contribution in [2.24, 2.45) is 18.7 Å². The van der Waals surface area contributed by atoms with Crippen LogP contribution >= 0.6 is 0 Å². The zero-order valence-corrected chi connectivity index (χ0v) is 9.56. The smallest absolute Gasteiger partial charge is 0.250 e. The molecule has 1 aromatic rings. The molecule has 5 nitrogen and oxygen atoms in total. The third-order valence-corrected chi connectivity index (χ3v) is 2.40. The van der Waals surface area contributed by atoms with Crippen molar-refractivity contribution in [2.45, 2.75) is 13.3 Å². The van der Waals surface area contributed by atoms with Gasteiger partial charge in [0.2, 0.25) is 11.5 Å². The first-order valence-electron chi connectivity index (χ1n) is 5.22. The van der Waals surface area contributed by atoms with E-state index in [4.69, 9.17) is 5.73 Å². The van der Waals surface area contributed by atoms with Gasteiger partial charge in [-0.3, -0.25) is 9.59 Å². The molecule has 0 radical (unpaired) electrons. The van der Waals surface area contributed by atoms with E-state index in [9.17, 15) is 9.59 Å². The van der Waals surface area contributed by atoms with Gasteiger partial charge in [0.1, 0.15) is 0 Å². The van der Waals surface area contributed by atoms with E-state index < -0.39 is 0 Å². The summed E-state index contributed by atoms with van der Waals surface area (Å²) in [6.07, 6.45) is 2.24. The first-order chi connectivity index (χ1) is 7.54. The molecule has 0 aromatic carbocycles. The van der Waals surface area contributed by atoms with Crippen LogP contribution in [-0.4, -0.2) is 17.0 Å². The molecular formula is C11H17N3O2. The number of nitrogens with zero attached hydrogens (tertiary/aromatic N) is 1. The maximum atomic E-state index is 11.6. The number of aryl methyl sites for hydroxylation is 1. The van der Waals surface area contributed by atoms with Crippen molar-refractivity contribution in [2.75, 3.05) is 11.9 Å². The maximum absolute atomic E-state index is 11.6. The Balaban J connectivity index is 2.70. The van der Waals surface area contributed by atoms with Crippen molar-refractivity contribution in [1.29, 1.82) is 0 Å². The standard InChI is InChI=1S/C11H17N3O2/c1-8(5-6-12)11(16)13-9-3-4-10(15)14(2)7-9/h3-4,7-8H,5-6,12H2,1-2H3,(H,13,16). The van der Waals surface area contributed by atoms with Crippen LogP contribution < -0.4 is 16.6 Å². The van der Waals surface area contributed by atoms with Gasteiger partial charge in [-0.15, -0.1) is 0 Å². The van der Waals surface area contributed by atoms with Gasteiger partial charge >= 0.3 is 0 Å². The Hall–Kier alpha value is -1.62. The van der Waals surface area contributed by atoms with E-state index in [2.05, 4.69) is 5.32 Å². The summed E-state index contributed by atoms with van der Waals surface area (Å²) in [6, 6.07) is 3.01. The van der Waals surface area contributed by atoms with Crippen LogP contribution in [0.2, 0.25) is 0 Å². The summed E-state index contributed by atoms with van der Waals surface area (Å²) >= 11 is 0. The molecule has 16 heavy (non-hydrogen) atoms. The highest BCUT2D eigenvalue weighted by molar-refractivity contribution is 5.92. The van der Waals surface area contributed by atoms with Crippen molar-refractivity contribution in [3.63, 3.8) is 0 Å². The number of nitrogens with two attached hydrogens (primary N) is 1. The Kier molecular flexibility index (Phi) is 4.25. The highest BCUT2D eigenvalue weighted by Gasteiger charge is 2.11. The summed E-state index contributed by atoms with van der Waals surface area (Å²) in [7, 11) is 1.64. The Bertz CT molecular complexity index is 425. The van der Waals surface area contributed by atoms with Crippen molar-refractivity contribution in [3.8, 4) is 0 Å². The summed E-state index contributed by atoms with van der Waals surface area (Å²) in [5, 5.41) is 2.74. The number of carbonyl (C=O) groups is 1. The molecule has 0 fully saturated rings. The molecule has 0 aliphatic heterocycles. The van der Waals surface area contributed by atoms with Gasteiger partial charge in [-0.2, -0.15) is 0 Å². The lowest BCUT2D eigenvalue weighted by Crippen LogP contribution is -2.24. The Morgan fingerprint density at radius 3 is 2.81 bits per heavy atom. The van der Waals surface area contributed by atoms with Gasteiger partial charge in [0.15, 0.2) is 0 Å². The zero-order valence-electron chi connectivity index (χ0n) is 9.56. The average Bonchev–Trinajstić information content (AvgIpc) is 2.24. The molecule has 1 rings (SSSR count). The van der Waals surface area contributed by atoms with Crippen molar-refractivity contribution in [1.82, 2.24) is 4.57 Å². The molecule has 0 bridgehead atoms. The van der Waals surface area contributed by atoms with Gasteiger partial charge in [0.05, 0.1) is 5.69 Å². The quantitative estimate of drug-likeness (QED) is 0.771. The molecule has 1 unspecified atom stereocenters. The van der Waals surface area contributed by atoms with Crippen LogP contribution in [0.1, 0.15) is 13.3 Å². The fraction of sp³-hybridized carbons (Fsp3) is 0.455. The lowest BCUT2D eigenvalue weighted by Gasteiger charge is -2.11. The number of carbonyl (C=O) groups excluding carboxylic acids is 1. The Morgan fingerprint density at radius 1 is 1.56 bits per heavy atom. The fourth-order valence-electron chi connectivity index (χ4n) is 1.31.